The lowest BCUT2D eigenvalue weighted by Crippen LogP contribution is -2.65. The van der Waals surface area contributed by atoms with Crippen molar-refractivity contribution in [2.75, 3.05) is 13.2 Å². The summed E-state index contributed by atoms with van der Waals surface area (Å²) >= 11 is 0. The summed E-state index contributed by atoms with van der Waals surface area (Å²) in [6, 6.07) is 3.47. The Kier molecular flexibility index (Phi) is 8.97. The molecule has 2 saturated heterocycles. The van der Waals surface area contributed by atoms with Crippen LogP contribution >= 0.6 is 0 Å². The normalized spacial score (nSPS) is 32.1. The maximum Gasteiger partial charge on any atom is 0.239 e. The zero-order chi connectivity index (χ0) is 32.9. The summed E-state index contributed by atoms with van der Waals surface area (Å²) in [5, 5.41) is 121. The van der Waals surface area contributed by atoms with Gasteiger partial charge in [-0.15, -0.1) is 0 Å². The van der Waals surface area contributed by atoms with Crippen molar-refractivity contribution in [2.24, 2.45) is 0 Å². The molecule has 2 aromatic carbocycles. The molecule has 2 fully saturated rings. The number of benzene rings is 2. The molecule has 2 aliphatic rings. The zero-order valence-electron chi connectivity index (χ0n) is 22.8. The van der Waals surface area contributed by atoms with Crippen molar-refractivity contribution in [1.82, 2.24) is 0 Å². The van der Waals surface area contributed by atoms with Gasteiger partial charge in [0, 0.05) is 17.7 Å². The van der Waals surface area contributed by atoms with E-state index < -0.39 is 131 Å². The number of aliphatic hydroxyl groups is 7. The van der Waals surface area contributed by atoms with Crippen LogP contribution in [0.5, 0.6) is 34.5 Å². The van der Waals surface area contributed by atoms with Gasteiger partial charge in [-0.3, -0.25) is 4.79 Å². The molecule has 10 atom stereocenters. The number of phenols is 5. The highest BCUT2D eigenvalue weighted by Gasteiger charge is 2.51. The third-order valence-electron chi connectivity index (χ3n) is 7.45. The van der Waals surface area contributed by atoms with Gasteiger partial charge in [0.2, 0.25) is 17.5 Å². The van der Waals surface area contributed by atoms with E-state index in [1.54, 1.807) is 0 Å². The topological polar surface area (TPSA) is 310 Å². The van der Waals surface area contributed by atoms with Crippen molar-refractivity contribution >= 4 is 11.0 Å². The van der Waals surface area contributed by atoms with Gasteiger partial charge >= 0.3 is 0 Å². The molecular weight excluding hydrogens is 612 g/mol. The maximum atomic E-state index is 13.8. The van der Waals surface area contributed by atoms with Crippen LogP contribution in [0.2, 0.25) is 0 Å². The average molecular weight is 643 g/mol. The fourth-order valence-corrected chi connectivity index (χ4v) is 5.05. The lowest BCUT2D eigenvalue weighted by molar-refractivity contribution is -0.358. The van der Waals surface area contributed by atoms with E-state index in [1.807, 2.05) is 0 Å². The Labute approximate surface area is 250 Å². The van der Waals surface area contributed by atoms with E-state index in [1.165, 1.54) is 0 Å². The second kappa shape index (κ2) is 12.4. The lowest BCUT2D eigenvalue weighted by atomic mass is 9.97. The number of aromatic hydroxyl groups is 5. The highest BCUT2D eigenvalue weighted by molar-refractivity contribution is 5.88. The second-order valence-corrected chi connectivity index (χ2v) is 10.4. The number of fused-ring (bicyclic) bond motifs is 1. The molecule has 12 N–H and O–H groups in total. The average Bonchev–Trinajstić information content (AvgIpc) is 2.99. The molecule has 0 bridgehead atoms. The molecule has 0 aliphatic carbocycles. The summed E-state index contributed by atoms with van der Waals surface area (Å²) in [7, 11) is 0. The summed E-state index contributed by atoms with van der Waals surface area (Å²) in [6.07, 6.45) is -18.4. The van der Waals surface area contributed by atoms with E-state index in [0.29, 0.717) is 0 Å². The smallest absolute Gasteiger partial charge is 0.239 e. The summed E-state index contributed by atoms with van der Waals surface area (Å²) in [6.45, 7) is -1.74. The van der Waals surface area contributed by atoms with E-state index in [-0.39, 0.29) is 5.56 Å². The third-order valence-corrected chi connectivity index (χ3v) is 7.45. The molecule has 45 heavy (non-hydrogen) atoms. The molecule has 1 aromatic heterocycles. The molecule has 3 aromatic rings. The van der Waals surface area contributed by atoms with E-state index in [0.717, 1.165) is 24.3 Å². The second-order valence-electron chi connectivity index (χ2n) is 10.4. The van der Waals surface area contributed by atoms with Crippen molar-refractivity contribution in [1.29, 1.82) is 0 Å². The van der Waals surface area contributed by atoms with Crippen LogP contribution in [0.1, 0.15) is 0 Å². The quantitative estimate of drug-likeness (QED) is 0.114. The first-order valence-electron chi connectivity index (χ1n) is 13.3. The van der Waals surface area contributed by atoms with Crippen LogP contribution in [0.4, 0.5) is 0 Å². The first-order valence-corrected chi connectivity index (χ1v) is 13.3. The van der Waals surface area contributed by atoms with Crippen LogP contribution in [0.3, 0.4) is 0 Å². The Bertz CT molecular complexity index is 1580. The van der Waals surface area contributed by atoms with Gasteiger partial charge in [-0.1, -0.05) is 0 Å². The Morgan fingerprint density at radius 2 is 1.27 bits per heavy atom. The van der Waals surface area contributed by atoms with Gasteiger partial charge < -0.3 is 84.6 Å². The predicted octanol–water partition coefficient (Wildman–Crippen LogP) is -3.01. The first-order chi connectivity index (χ1) is 21.3. The highest BCUT2D eigenvalue weighted by Crippen LogP contribution is 2.43. The number of rotatable bonds is 7. The number of aliphatic hydroxyl groups excluding tert-OH is 7. The first kappa shape index (κ1) is 32.4. The van der Waals surface area contributed by atoms with Crippen molar-refractivity contribution in [3.63, 3.8) is 0 Å². The summed E-state index contributed by atoms with van der Waals surface area (Å²) in [4.78, 5) is 13.8. The van der Waals surface area contributed by atoms with Crippen LogP contribution in [-0.2, 0) is 14.2 Å². The molecule has 3 heterocycles. The van der Waals surface area contributed by atoms with Crippen LogP contribution < -0.4 is 10.2 Å². The maximum absolute atomic E-state index is 13.8. The Hall–Kier alpha value is -3.95. The van der Waals surface area contributed by atoms with Gasteiger partial charge in [0.05, 0.1) is 13.2 Å². The fraction of sp³-hybridized carbons (Fsp3) is 0.444. The predicted molar refractivity (Wildman–Crippen MR) is 143 cm³/mol. The van der Waals surface area contributed by atoms with Crippen molar-refractivity contribution in [2.45, 2.75) is 61.4 Å². The highest BCUT2D eigenvalue weighted by atomic mass is 16.8. The summed E-state index contributed by atoms with van der Waals surface area (Å²) in [5.41, 5.74) is -1.86. The summed E-state index contributed by atoms with van der Waals surface area (Å²) < 4.78 is 28.0. The molecule has 0 saturated carbocycles. The minimum Gasteiger partial charge on any atom is -0.508 e. The van der Waals surface area contributed by atoms with Gasteiger partial charge in [-0.25, -0.2) is 0 Å². The van der Waals surface area contributed by atoms with Gasteiger partial charge in [0.25, 0.3) is 0 Å². The molecule has 18 heteroatoms. The number of ether oxygens (including phenoxy) is 4. The Balaban J connectivity index is 1.63. The Morgan fingerprint density at radius 3 is 1.87 bits per heavy atom. The molecule has 246 valence electrons. The van der Waals surface area contributed by atoms with Crippen molar-refractivity contribution < 1.29 is 84.6 Å². The minimum atomic E-state index is -2.02. The van der Waals surface area contributed by atoms with Crippen LogP contribution in [0.15, 0.2) is 33.5 Å². The monoisotopic (exact) mass is 642 g/mol. The third kappa shape index (κ3) is 5.79. The van der Waals surface area contributed by atoms with E-state index in [9.17, 15) is 66.1 Å². The molecule has 5 rings (SSSR count). The van der Waals surface area contributed by atoms with E-state index in [4.69, 9.17) is 23.4 Å². The molecule has 2 aliphatic heterocycles. The van der Waals surface area contributed by atoms with E-state index >= 15 is 0 Å². The lowest BCUT2D eigenvalue weighted by Gasteiger charge is -2.45. The molecule has 0 radical (unpaired) electrons. The van der Waals surface area contributed by atoms with Crippen LogP contribution in [0.25, 0.3) is 22.3 Å². The molecule has 0 spiro atoms. The molecule has 0 amide bonds. The summed E-state index contributed by atoms with van der Waals surface area (Å²) in [5.74, 6) is -5.39. The SMILES string of the molecule is O=c1c(O[C@@H]2O[C@H](CO)[C@@H](O)[C@H](O)[C@H]2O[C@@H]2O[C@H](CO)[C@@H](O)[C@H](O)[C@H]2O)c(-c2cc(O)c(O)c(O)c2)oc2cc(O)cc(O)c12. The number of hydrogen-bond donors (Lipinski definition) is 12. The van der Waals surface area contributed by atoms with E-state index in [2.05, 4.69) is 0 Å². The van der Waals surface area contributed by atoms with Gasteiger partial charge in [-0.2, -0.15) is 0 Å². The number of phenolic OH excluding ortho intramolecular Hbond substituents is 5. The number of hydrogen-bond acceptors (Lipinski definition) is 18. The molecule has 18 nitrogen and oxygen atoms in total. The molecular formula is C27H30O18. The zero-order valence-corrected chi connectivity index (χ0v) is 22.8. The van der Waals surface area contributed by atoms with Gasteiger partial charge in [-0.05, 0) is 12.1 Å². The molecule has 0 unspecified atom stereocenters. The largest absolute Gasteiger partial charge is 0.508 e. The van der Waals surface area contributed by atoms with Crippen molar-refractivity contribution in [3.8, 4) is 45.8 Å². The minimum absolute atomic E-state index is 0.305. The van der Waals surface area contributed by atoms with Gasteiger partial charge in [0.15, 0.2) is 35.4 Å². The standard InChI is InChI=1S/C27H30O18/c28-5-13-17(35)20(38)22(40)26(42-13)45-25-21(39)18(36)14(6-29)43-27(25)44-24-19(37)15-9(31)3-8(30)4-12(15)41-23(24)7-1-10(32)16(34)11(33)2-7/h1-4,13-14,17-18,20-22,25-36,38-40H,5-6H2/t13-,14-,17-,18-,20+,21+,22-,25-,26+,27+/m1/s1. The van der Waals surface area contributed by atoms with Crippen LogP contribution in [0, 0.1) is 0 Å². The van der Waals surface area contributed by atoms with Crippen LogP contribution in [-0.4, -0.2) is 136 Å². The van der Waals surface area contributed by atoms with Crippen molar-refractivity contribution in [3.05, 3.63) is 34.5 Å². The fourth-order valence-electron chi connectivity index (χ4n) is 5.05. The van der Waals surface area contributed by atoms with Gasteiger partial charge in [0.1, 0.15) is 65.2 Å². The Morgan fingerprint density at radius 1 is 0.689 bits per heavy atom.